The van der Waals surface area contributed by atoms with Crippen LogP contribution in [0.2, 0.25) is 0 Å². The van der Waals surface area contributed by atoms with Gasteiger partial charge >= 0.3 is 7.95 Å². The maximum atomic E-state index is 14.7. The van der Waals surface area contributed by atoms with E-state index in [-0.39, 0.29) is 0 Å². The number of hydrogen-bond donors (Lipinski definition) is 0. The lowest BCUT2D eigenvalue weighted by atomic mass is 9.70. The van der Waals surface area contributed by atoms with Gasteiger partial charge in [-0.2, -0.15) is 0 Å². The van der Waals surface area contributed by atoms with E-state index >= 15 is 0 Å². The molecule has 0 amide bonds. The zero-order valence-corrected chi connectivity index (χ0v) is 24.5. The molecule has 2 aliphatic carbocycles. The molecule has 2 aliphatic rings. The average molecular weight is 609 g/mol. The first-order valence-electron chi connectivity index (χ1n) is 13.7. The fourth-order valence-corrected chi connectivity index (χ4v) is 8.45. The largest absolute Gasteiger partial charge is 0.506 e. The van der Waals surface area contributed by atoms with E-state index in [0.717, 1.165) is 21.2 Å². The third-order valence-electron chi connectivity index (χ3n) is 8.46. The monoisotopic (exact) mass is 608 g/mol. The molecule has 0 bridgehead atoms. The van der Waals surface area contributed by atoms with E-state index in [4.69, 9.17) is 0 Å². The molecule has 6 aromatic carbocycles. The summed E-state index contributed by atoms with van der Waals surface area (Å²) in [4.78, 5) is 0. The highest BCUT2D eigenvalue weighted by Crippen LogP contribution is 2.62. The second kappa shape index (κ2) is 9.38. The van der Waals surface area contributed by atoms with Gasteiger partial charge in [-0.1, -0.05) is 107 Å². The molecule has 0 aromatic heterocycles. The second-order valence-corrected chi connectivity index (χ2v) is 12.9. The average Bonchev–Trinajstić information content (AvgIpc) is 3.50. The summed E-state index contributed by atoms with van der Waals surface area (Å²) in [7, 11) is -1.98. The van der Waals surface area contributed by atoms with Gasteiger partial charge in [0.15, 0.2) is 0 Å². The van der Waals surface area contributed by atoms with Gasteiger partial charge in [0, 0.05) is 4.47 Å². The number of anilines is 2. The maximum Gasteiger partial charge on any atom is 0.506 e. The molecule has 2 nitrogen and oxygen atoms in total. The number of nitrogens with zero attached hydrogens (tertiary/aromatic N) is 1. The number of halogens is 1. The van der Waals surface area contributed by atoms with Crippen molar-refractivity contribution in [3.8, 4) is 22.3 Å². The van der Waals surface area contributed by atoms with Crippen LogP contribution in [0.1, 0.15) is 22.3 Å². The fourth-order valence-electron chi connectivity index (χ4n) is 6.83. The summed E-state index contributed by atoms with van der Waals surface area (Å²) >= 11 is 3.55. The summed E-state index contributed by atoms with van der Waals surface area (Å²) in [5.41, 5.74) is 11.3. The van der Waals surface area contributed by atoms with Gasteiger partial charge < -0.3 is 0 Å². The lowest BCUT2D eigenvalue weighted by Crippen LogP contribution is -2.27. The van der Waals surface area contributed by atoms with Crippen LogP contribution in [0.5, 0.6) is 0 Å². The maximum absolute atomic E-state index is 14.7. The van der Waals surface area contributed by atoms with Gasteiger partial charge in [0.05, 0.1) is 16.8 Å². The Hall–Kier alpha value is -4.30. The van der Waals surface area contributed by atoms with Crippen LogP contribution in [0, 0.1) is 0 Å². The quantitative estimate of drug-likeness (QED) is 0.185. The van der Waals surface area contributed by atoms with E-state index in [0.29, 0.717) is 0 Å². The van der Waals surface area contributed by atoms with Crippen LogP contribution in [0.15, 0.2) is 150 Å². The van der Waals surface area contributed by atoms with E-state index in [9.17, 15) is 4.57 Å². The number of benzene rings is 6. The highest BCUT2D eigenvalue weighted by molar-refractivity contribution is 9.10. The number of fused-ring (bicyclic) bond motifs is 10. The van der Waals surface area contributed by atoms with Crippen LogP contribution in [0.4, 0.5) is 11.4 Å². The summed E-state index contributed by atoms with van der Waals surface area (Å²) < 4.78 is 17.6. The van der Waals surface area contributed by atoms with Crippen molar-refractivity contribution in [3.05, 3.63) is 172 Å². The zero-order chi connectivity index (χ0) is 27.6. The van der Waals surface area contributed by atoms with Crippen LogP contribution in [-0.2, 0) is 9.98 Å². The number of rotatable bonds is 4. The van der Waals surface area contributed by atoms with Crippen LogP contribution in [0.3, 0.4) is 0 Å². The Kier molecular flexibility index (Phi) is 5.60. The van der Waals surface area contributed by atoms with E-state index < -0.39 is 13.4 Å². The molecule has 6 aromatic rings. The van der Waals surface area contributed by atoms with Gasteiger partial charge in [-0.25, -0.2) is 0 Å². The van der Waals surface area contributed by atoms with Crippen molar-refractivity contribution >= 4 is 40.6 Å². The molecular formula is C37H24BrNOP+. The molecule has 41 heavy (non-hydrogen) atoms. The van der Waals surface area contributed by atoms with Crippen molar-refractivity contribution in [2.24, 2.45) is 0 Å². The summed E-state index contributed by atoms with van der Waals surface area (Å²) in [6.07, 6.45) is 0. The summed E-state index contributed by atoms with van der Waals surface area (Å²) in [5.74, 6) is 0. The molecule has 4 heteroatoms. The van der Waals surface area contributed by atoms with Crippen molar-refractivity contribution in [1.82, 2.24) is 0 Å². The predicted octanol–water partition coefficient (Wildman–Crippen LogP) is 10.00. The first kappa shape index (κ1) is 24.5. The van der Waals surface area contributed by atoms with Gasteiger partial charge in [-0.15, -0.1) is 4.67 Å². The minimum absolute atomic E-state index is 0.458. The Labute approximate surface area is 248 Å². The Morgan fingerprint density at radius 1 is 0.488 bits per heavy atom. The zero-order valence-electron chi connectivity index (χ0n) is 22.0. The highest BCUT2D eigenvalue weighted by Gasteiger charge is 2.52. The molecule has 0 N–H and O–H groups in total. The SMILES string of the molecule is O=[P+](c1ccc2c(c1)C1(c3ccccc3-c3ccccc31)c1ccccc1-2)N(c1ccccc1)c1ccc(Br)cc1. The van der Waals surface area contributed by atoms with Crippen LogP contribution in [0.25, 0.3) is 22.3 Å². The molecular weight excluding hydrogens is 585 g/mol. The highest BCUT2D eigenvalue weighted by atomic mass is 79.9. The molecule has 1 atom stereocenters. The molecule has 1 spiro atoms. The topological polar surface area (TPSA) is 20.3 Å². The molecule has 8 rings (SSSR count). The molecule has 0 saturated heterocycles. The first-order chi connectivity index (χ1) is 20.2. The Bertz CT molecular complexity index is 1920. The number of hydrogen-bond acceptors (Lipinski definition) is 1. The predicted molar refractivity (Wildman–Crippen MR) is 173 cm³/mol. The third-order valence-corrected chi connectivity index (χ3v) is 10.5. The Balaban J connectivity index is 1.38. The lowest BCUT2D eigenvalue weighted by molar-refractivity contribution is 0.593. The number of para-hydroxylation sites is 1. The van der Waals surface area contributed by atoms with Crippen LogP contribution in [-0.4, -0.2) is 0 Å². The van der Waals surface area contributed by atoms with E-state index in [1.54, 1.807) is 0 Å². The van der Waals surface area contributed by atoms with Gasteiger partial charge in [0.2, 0.25) is 5.30 Å². The molecule has 0 saturated carbocycles. The van der Waals surface area contributed by atoms with Crippen LogP contribution >= 0.6 is 23.9 Å². The molecule has 0 fully saturated rings. The van der Waals surface area contributed by atoms with Crippen molar-refractivity contribution in [2.75, 3.05) is 4.67 Å². The fraction of sp³-hybridized carbons (Fsp3) is 0.0270. The van der Waals surface area contributed by atoms with E-state index in [1.807, 2.05) is 59.3 Å². The van der Waals surface area contributed by atoms with Crippen molar-refractivity contribution < 1.29 is 4.57 Å². The smallest absolute Gasteiger partial charge is 0.130 e. The van der Waals surface area contributed by atoms with Crippen LogP contribution < -0.4 is 9.97 Å². The lowest BCUT2D eigenvalue weighted by Gasteiger charge is -2.30. The molecule has 0 heterocycles. The minimum atomic E-state index is -1.98. The third kappa shape index (κ3) is 3.50. The van der Waals surface area contributed by atoms with Gasteiger partial charge in [-0.3, -0.25) is 0 Å². The standard InChI is InChI=1S/C37H24BrNOP/c38-25-18-20-27(21-19-25)39(26-10-2-1-3-11-26)41(40)28-22-23-32-31-14-6-9-17-35(31)37(36(32)24-28)33-15-7-4-12-29(33)30-13-5-8-16-34(30)37/h1-24H/q+1. The summed E-state index contributed by atoms with van der Waals surface area (Å²) in [6, 6.07) is 50.8. The Morgan fingerprint density at radius 2 is 0.951 bits per heavy atom. The molecule has 0 aliphatic heterocycles. The normalized spacial score (nSPS) is 13.7. The van der Waals surface area contributed by atoms with Crippen molar-refractivity contribution in [3.63, 3.8) is 0 Å². The van der Waals surface area contributed by atoms with Gasteiger partial charge in [0.25, 0.3) is 0 Å². The van der Waals surface area contributed by atoms with Crippen molar-refractivity contribution in [2.45, 2.75) is 5.41 Å². The summed E-state index contributed by atoms with van der Waals surface area (Å²) in [5, 5.41) is 0.805. The van der Waals surface area contributed by atoms with Gasteiger partial charge in [0.1, 0.15) is 0 Å². The van der Waals surface area contributed by atoms with E-state index in [1.165, 1.54) is 44.5 Å². The first-order valence-corrected chi connectivity index (χ1v) is 15.7. The second-order valence-electron chi connectivity index (χ2n) is 10.5. The van der Waals surface area contributed by atoms with E-state index in [2.05, 4.69) is 107 Å². The van der Waals surface area contributed by atoms with Gasteiger partial charge in [-0.05, 0) is 104 Å². The minimum Gasteiger partial charge on any atom is -0.130 e. The molecule has 194 valence electrons. The Morgan fingerprint density at radius 3 is 1.51 bits per heavy atom. The molecule has 0 radical (unpaired) electrons. The molecule has 1 unspecified atom stereocenters. The summed E-state index contributed by atoms with van der Waals surface area (Å²) in [6.45, 7) is 0. The van der Waals surface area contributed by atoms with Crippen molar-refractivity contribution in [1.29, 1.82) is 0 Å².